The molecule has 25 heavy (non-hydrogen) atoms. The predicted octanol–water partition coefficient (Wildman–Crippen LogP) is 4.62. The van der Waals surface area contributed by atoms with Gasteiger partial charge < -0.3 is 5.32 Å². The fourth-order valence-corrected chi connectivity index (χ4v) is 4.36. The summed E-state index contributed by atoms with van der Waals surface area (Å²) in [5.41, 5.74) is 1.14. The molecule has 0 saturated heterocycles. The van der Waals surface area contributed by atoms with Crippen LogP contribution in [0.4, 0.5) is 13.2 Å². The Hall–Kier alpha value is -1.08. The highest BCUT2D eigenvalue weighted by molar-refractivity contribution is 7.07. The first kappa shape index (κ1) is 20.2. The number of hydrogen-bond acceptors (Lipinski definition) is 3. The van der Waals surface area contributed by atoms with Gasteiger partial charge >= 0.3 is 6.18 Å². The molecular formula is C18H27F3N2OS. The summed E-state index contributed by atoms with van der Waals surface area (Å²) >= 11 is 1.61. The van der Waals surface area contributed by atoms with Crippen molar-refractivity contribution in [2.45, 2.75) is 51.7 Å². The van der Waals surface area contributed by atoms with Crippen molar-refractivity contribution in [3.05, 3.63) is 22.4 Å². The van der Waals surface area contributed by atoms with Gasteiger partial charge in [0.25, 0.3) is 0 Å². The third-order valence-electron chi connectivity index (χ3n) is 5.16. The fraction of sp³-hybridized carbons (Fsp3) is 0.722. The zero-order valence-electron chi connectivity index (χ0n) is 14.8. The van der Waals surface area contributed by atoms with Crippen molar-refractivity contribution in [3.63, 3.8) is 0 Å². The zero-order valence-corrected chi connectivity index (χ0v) is 15.6. The Morgan fingerprint density at radius 2 is 2.08 bits per heavy atom. The van der Waals surface area contributed by atoms with Crippen molar-refractivity contribution < 1.29 is 18.0 Å². The lowest BCUT2D eigenvalue weighted by Gasteiger charge is -2.32. The van der Waals surface area contributed by atoms with Gasteiger partial charge in [-0.25, -0.2) is 0 Å². The minimum Gasteiger partial charge on any atom is -0.354 e. The summed E-state index contributed by atoms with van der Waals surface area (Å²) in [6.07, 6.45) is -3.12. The second-order valence-corrected chi connectivity index (χ2v) is 7.42. The van der Waals surface area contributed by atoms with E-state index in [-0.39, 0.29) is 24.8 Å². The number of carbonyl (C=O) groups excluding carboxylic acids is 1. The molecule has 0 bridgehead atoms. The lowest BCUT2D eigenvalue weighted by Crippen LogP contribution is -2.42. The molecule has 7 heteroatoms. The molecule has 1 heterocycles. The molecule has 3 nitrogen and oxygen atoms in total. The van der Waals surface area contributed by atoms with Crippen molar-refractivity contribution >= 4 is 17.2 Å². The monoisotopic (exact) mass is 376 g/mol. The van der Waals surface area contributed by atoms with Crippen molar-refractivity contribution in [1.29, 1.82) is 0 Å². The maximum absolute atomic E-state index is 12.9. The number of halogens is 3. The number of thiophene rings is 1. The summed E-state index contributed by atoms with van der Waals surface area (Å²) < 4.78 is 38.8. The summed E-state index contributed by atoms with van der Waals surface area (Å²) in [4.78, 5) is 14.7. The Kier molecular flexibility index (Phi) is 7.31. The Labute approximate surface area is 151 Å². The van der Waals surface area contributed by atoms with Crippen LogP contribution in [0.1, 0.15) is 51.1 Å². The van der Waals surface area contributed by atoms with E-state index < -0.39 is 18.0 Å². The highest BCUT2D eigenvalue weighted by atomic mass is 32.1. The fourth-order valence-electron chi connectivity index (χ4n) is 3.65. The molecule has 0 aliphatic heterocycles. The van der Waals surface area contributed by atoms with Crippen molar-refractivity contribution in [1.82, 2.24) is 10.2 Å². The van der Waals surface area contributed by atoms with Gasteiger partial charge in [-0.3, -0.25) is 9.69 Å². The topological polar surface area (TPSA) is 32.3 Å². The lowest BCUT2D eigenvalue weighted by atomic mass is 9.80. The van der Waals surface area contributed by atoms with Crippen LogP contribution >= 0.6 is 11.3 Å². The molecule has 1 saturated carbocycles. The van der Waals surface area contributed by atoms with Crippen LogP contribution in [0.15, 0.2) is 16.8 Å². The molecule has 1 aromatic heterocycles. The van der Waals surface area contributed by atoms with Crippen molar-refractivity contribution in [2.24, 2.45) is 11.8 Å². The predicted molar refractivity (Wildman–Crippen MR) is 94.5 cm³/mol. The van der Waals surface area contributed by atoms with Crippen molar-refractivity contribution in [2.75, 3.05) is 19.6 Å². The minimum absolute atomic E-state index is 0.0622. The van der Waals surface area contributed by atoms with Crippen LogP contribution in [0.2, 0.25) is 0 Å². The molecule has 0 spiro atoms. The second-order valence-electron chi connectivity index (χ2n) is 6.64. The average Bonchev–Trinajstić information content (AvgIpc) is 3.12. The number of nitrogens with one attached hydrogen (secondary N) is 1. The maximum Gasteiger partial charge on any atom is 0.391 e. The van der Waals surface area contributed by atoms with E-state index in [0.717, 1.165) is 18.7 Å². The van der Waals surface area contributed by atoms with Gasteiger partial charge in [0.15, 0.2) is 0 Å². The number of likely N-dealkylation sites (N-methyl/N-ethyl adjacent to an activating group) is 1. The summed E-state index contributed by atoms with van der Waals surface area (Å²) in [6.45, 7) is 6.28. The average molecular weight is 376 g/mol. The Bertz CT molecular complexity index is 529. The van der Waals surface area contributed by atoms with Crippen LogP contribution < -0.4 is 5.32 Å². The van der Waals surface area contributed by atoms with Gasteiger partial charge in [-0.1, -0.05) is 20.3 Å². The summed E-state index contributed by atoms with van der Waals surface area (Å²) in [7, 11) is 0. The molecular weight excluding hydrogens is 349 g/mol. The van der Waals surface area contributed by atoms with Gasteiger partial charge in [0.05, 0.1) is 12.0 Å². The Morgan fingerprint density at radius 3 is 2.64 bits per heavy atom. The third kappa shape index (κ3) is 5.45. The second kappa shape index (κ2) is 9.03. The molecule has 1 aliphatic carbocycles. The smallest absolute Gasteiger partial charge is 0.354 e. The van der Waals surface area contributed by atoms with E-state index in [1.165, 1.54) is 0 Å². The van der Waals surface area contributed by atoms with Crippen LogP contribution in [0.25, 0.3) is 0 Å². The number of rotatable bonds is 7. The van der Waals surface area contributed by atoms with Crippen LogP contribution in [0.5, 0.6) is 0 Å². The molecule has 1 fully saturated rings. The first-order chi connectivity index (χ1) is 11.9. The number of amides is 1. The molecule has 0 aromatic carbocycles. The Morgan fingerprint density at radius 1 is 1.36 bits per heavy atom. The van der Waals surface area contributed by atoms with Gasteiger partial charge in [0, 0.05) is 12.5 Å². The summed E-state index contributed by atoms with van der Waals surface area (Å²) in [6, 6.07) is 2.10. The van der Waals surface area contributed by atoms with E-state index in [1.54, 1.807) is 11.3 Å². The van der Waals surface area contributed by atoms with E-state index >= 15 is 0 Å². The number of nitrogens with zero attached hydrogens (tertiary/aromatic N) is 1. The van der Waals surface area contributed by atoms with E-state index in [9.17, 15) is 18.0 Å². The lowest BCUT2D eigenvalue weighted by molar-refractivity contribution is -0.186. The van der Waals surface area contributed by atoms with Gasteiger partial charge in [-0.05, 0) is 54.7 Å². The van der Waals surface area contributed by atoms with E-state index in [2.05, 4.69) is 29.4 Å². The first-order valence-corrected chi connectivity index (χ1v) is 9.91. The number of hydrogen-bond donors (Lipinski definition) is 1. The van der Waals surface area contributed by atoms with E-state index in [0.29, 0.717) is 19.4 Å². The molecule has 142 valence electrons. The molecule has 1 aromatic rings. The largest absolute Gasteiger partial charge is 0.391 e. The highest BCUT2D eigenvalue weighted by Crippen LogP contribution is 2.40. The Balaban J connectivity index is 1.96. The van der Waals surface area contributed by atoms with E-state index in [4.69, 9.17) is 0 Å². The SMILES string of the molecule is CCN(CC)C(CNC(=O)C1CCCC(C(F)(F)F)C1)c1ccsc1. The standard InChI is InChI=1S/C18H27F3N2OS/c1-3-23(4-2)16(14-8-9-25-12-14)11-22-17(24)13-6-5-7-15(10-13)18(19,20)21/h8-9,12-13,15-16H,3-7,10-11H2,1-2H3,(H,22,24). The summed E-state index contributed by atoms with van der Waals surface area (Å²) in [5, 5.41) is 6.99. The normalized spacial score (nSPS) is 22.8. The first-order valence-electron chi connectivity index (χ1n) is 8.97. The number of alkyl halides is 3. The highest BCUT2D eigenvalue weighted by Gasteiger charge is 2.43. The summed E-state index contributed by atoms with van der Waals surface area (Å²) in [5.74, 6) is -2.10. The molecule has 1 aliphatic rings. The molecule has 3 atom stereocenters. The van der Waals surface area contributed by atoms with Crippen LogP contribution in [-0.2, 0) is 4.79 Å². The molecule has 3 unspecified atom stereocenters. The zero-order chi connectivity index (χ0) is 18.4. The van der Waals surface area contributed by atoms with Gasteiger partial charge in [0.1, 0.15) is 0 Å². The molecule has 1 N–H and O–H groups in total. The van der Waals surface area contributed by atoms with Crippen molar-refractivity contribution in [3.8, 4) is 0 Å². The van der Waals surface area contributed by atoms with Crippen LogP contribution in [-0.4, -0.2) is 36.6 Å². The van der Waals surface area contributed by atoms with Gasteiger partial charge in [-0.15, -0.1) is 0 Å². The van der Waals surface area contributed by atoms with Crippen LogP contribution in [0, 0.1) is 11.8 Å². The number of carbonyl (C=O) groups is 1. The van der Waals surface area contributed by atoms with Gasteiger partial charge in [-0.2, -0.15) is 24.5 Å². The molecule has 2 rings (SSSR count). The van der Waals surface area contributed by atoms with Gasteiger partial charge in [0.2, 0.25) is 5.91 Å². The maximum atomic E-state index is 12.9. The molecule has 1 amide bonds. The van der Waals surface area contributed by atoms with E-state index in [1.807, 2.05) is 11.4 Å². The third-order valence-corrected chi connectivity index (χ3v) is 5.86. The quantitative estimate of drug-likeness (QED) is 0.753. The minimum atomic E-state index is -4.20. The van der Waals surface area contributed by atoms with Crippen LogP contribution in [0.3, 0.4) is 0 Å². The molecule has 0 radical (unpaired) electrons.